The van der Waals surface area contributed by atoms with E-state index in [1.807, 2.05) is 0 Å². The van der Waals surface area contributed by atoms with E-state index < -0.39 is 29.1 Å². The molecule has 1 aromatic rings. The molecular weight excluding hydrogens is 232 g/mol. The number of carbonyl (C=O) groups is 2. The molecule has 0 aliphatic rings. The molecule has 0 bridgehead atoms. The molecule has 16 heavy (non-hydrogen) atoms. The molecular formula is C9H4F4O3. The second-order valence-corrected chi connectivity index (χ2v) is 2.66. The molecule has 0 aliphatic carbocycles. The van der Waals surface area contributed by atoms with Gasteiger partial charge in [0, 0.05) is 0 Å². The highest BCUT2D eigenvalue weighted by Crippen LogP contribution is 2.30. The van der Waals surface area contributed by atoms with Crippen molar-refractivity contribution in [3.8, 4) is 5.75 Å². The van der Waals surface area contributed by atoms with Crippen LogP contribution in [0.25, 0.3) is 0 Å². The molecule has 1 rings (SSSR count). The Morgan fingerprint density at radius 2 is 1.75 bits per heavy atom. The Morgan fingerprint density at radius 1 is 1.12 bits per heavy atom. The van der Waals surface area contributed by atoms with E-state index in [4.69, 9.17) is 0 Å². The average Bonchev–Trinajstić information content (AvgIpc) is 2.16. The van der Waals surface area contributed by atoms with Crippen LogP contribution in [0.2, 0.25) is 0 Å². The van der Waals surface area contributed by atoms with Gasteiger partial charge in [-0.3, -0.25) is 9.59 Å². The van der Waals surface area contributed by atoms with Crippen LogP contribution < -0.4 is 4.74 Å². The molecule has 0 amide bonds. The summed E-state index contributed by atoms with van der Waals surface area (Å²) < 4.78 is 52.2. The van der Waals surface area contributed by atoms with Crippen LogP contribution in [-0.4, -0.2) is 18.9 Å². The minimum atomic E-state index is -5.11. The maximum absolute atomic E-state index is 12.9. The highest BCUT2D eigenvalue weighted by atomic mass is 19.4. The lowest BCUT2D eigenvalue weighted by Gasteiger charge is -2.12. The minimum Gasteiger partial charge on any atom is -0.404 e. The van der Waals surface area contributed by atoms with Crippen LogP contribution in [0.1, 0.15) is 20.7 Å². The minimum absolute atomic E-state index is 0.0352. The Balaban J connectivity index is 3.36. The molecule has 1 aromatic carbocycles. The fraction of sp³-hybridized carbons (Fsp3) is 0.111. The fourth-order valence-electron chi connectivity index (χ4n) is 1.02. The molecule has 0 spiro atoms. The lowest BCUT2D eigenvalue weighted by Crippen LogP contribution is -2.19. The molecule has 7 heteroatoms. The molecule has 0 saturated heterocycles. The zero-order valence-electron chi connectivity index (χ0n) is 7.55. The third-order valence-corrected chi connectivity index (χ3v) is 1.64. The maximum atomic E-state index is 12.9. The summed E-state index contributed by atoms with van der Waals surface area (Å²) in [5.74, 6) is -2.32. The van der Waals surface area contributed by atoms with Crippen LogP contribution in [-0.2, 0) is 0 Å². The van der Waals surface area contributed by atoms with E-state index >= 15 is 0 Å². The third-order valence-electron chi connectivity index (χ3n) is 1.64. The van der Waals surface area contributed by atoms with E-state index in [1.165, 1.54) is 0 Å². The highest BCUT2D eigenvalue weighted by molar-refractivity contribution is 5.88. The van der Waals surface area contributed by atoms with Gasteiger partial charge < -0.3 is 4.74 Å². The van der Waals surface area contributed by atoms with Gasteiger partial charge in [-0.05, 0) is 12.1 Å². The van der Waals surface area contributed by atoms with Crippen molar-refractivity contribution >= 4 is 12.6 Å². The van der Waals surface area contributed by atoms with E-state index in [1.54, 1.807) is 0 Å². The molecule has 0 aromatic heterocycles. The van der Waals surface area contributed by atoms with Gasteiger partial charge in [0.15, 0.2) is 18.3 Å². The molecule has 0 aliphatic heterocycles. The molecule has 0 heterocycles. The first-order valence-corrected chi connectivity index (χ1v) is 3.87. The number of carbonyl (C=O) groups excluding carboxylic acids is 2. The van der Waals surface area contributed by atoms with Gasteiger partial charge in [0.05, 0.1) is 11.1 Å². The number of aldehydes is 2. The van der Waals surface area contributed by atoms with Gasteiger partial charge in [-0.25, -0.2) is 4.39 Å². The van der Waals surface area contributed by atoms with E-state index in [-0.39, 0.29) is 12.6 Å². The summed E-state index contributed by atoms with van der Waals surface area (Å²) in [7, 11) is 0. The Hall–Kier alpha value is -1.92. The van der Waals surface area contributed by atoms with Crippen LogP contribution in [0, 0.1) is 5.82 Å². The lowest BCUT2D eigenvalue weighted by atomic mass is 10.1. The second-order valence-electron chi connectivity index (χ2n) is 2.66. The Kier molecular flexibility index (Phi) is 3.26. The smallest absolute Gasteiger partial charge is 0.404 e. The monoisotopic (exact) mass is 236 g/mol. The van der Waals surface area contributed by atoms with Crippen LogP contribution in [0.4, 0.5) is 17.6 Å². The van der Waals surface area contributed by atoms with Crippen molar-refractivity contribution in [2.75, 3.05) is 0 Å². The maximum Gasteiger partial charge on any atom is 0.573 e. The summed E-state index contributed by atoms with van der Waals surface area (Å²) >= 11 is 0. The summed E-state index contributed by atoms with van der Waals surface area (Å²) in [4.78, 5) is 20.8. The molecule has 0 saturated carbocycles. The summed E-state index contributed by atoms with van der Waals surface area (Å²) in [6.07, 6.45) is -5.22. The first kappa shape index (κ1) is 12.2. The number of rotatable bonds is 3. The van der Waals surface area contributed by atoms with E-state index in [0.717, 1.165) is 6.07 Å². The Labute approximate surface area is 86.6 Å². The van der Waals surface area contributed by atoms with Crippen molar-refractivity contribution in [2.24, 2.45) is 0 Å². The molecule has 0 radical (unpaired) electrons. The standard InChI is InChI=1S/C9H4F4O3/c10-7-2-1-5(3-14)8(6(7)4-15)16-9(11,12)13/h1-4H. The van der Waals surface area contributed by atoms with Gasteiger partial charge in [-0.15, -0.1) is 13.2 Å². The summed E-state index contributed by atoms with van der Waals surface area (Å²) in [5, 5.41) is 0. The van der Waals surface area contributed by atoms with Crippen molar-refractivity contribution in [2.45, 2.75) is 6.36 Å². The van der Waals surface area contributed by atoms with Crippen LogP contribution in [0.15, 0.2) is 12.1 Å². The zero-order chi connectivity index (χ0) is 12.3. The van der Waals surface area contributed by atoms with Gasteiger partial charge in [0.1, 0.15) is 5.82 Å². The van der Waals surface area contributed by atoms with Crippen LogP contribution in [0.5, 0.6) is 5.75 Å². The van der Waals surface area contributed by atoms with Crippen molar-refractivity contribution in [3.63, 3.8) is 0 Å². The van der Waals surface area contributed by atoms with Crippen LogP contribution >= 0.6 is 0 Å². The summed E-state index contributed by atoms with van der Waals surface area (Å²) in [6, 6.07) is 1.49. The first-order valence-electron chi connectivity index (χ1n) is 3.87. The SMILES string of the molecule is O=Cc1ccc(F)c(C=O)c1OC(F)(F)F. The molecule has 3 nitrogen and oxygen atoms in total. The second kappa shape index (κ2) is 4.30. The fourth-order valence-corrected chi connectivity index (χ4v) is 1.02. The van der Waals surface area contributed by atoms with Crippen molar-refractivity contribution in [1.29, 1.82) is 0 Å². The number of benzene rings is 1. The average molecular weight is 236 g/mol. The lowest BCUT2D eigenvalue weighted by molar-refractivity contribution is -0.274. The molecule has 0 fully saturated rings. The Bertz CT molecular complexity index is 425. The predicted octanol–water partition coefficient (Wildman–Crippen LogP) is 2.35. The third kappa shape index (κ3) is 2.56. The van der Waals surface area contributed by atoms with Crippen molar-refractivity contribution in [1.82, 2.24) is 0 Å². The topological polar surface area (TPSA) is 43.4 Å². The highest BCUT2D eigenvalue weighted by Gasteiger charge is 2.34. The molecule has 0 atom stereocenters. The first-order chi connectivity index (χ1) is 7.39. The van der Waals surface area contributed by atoms with E-state index in [0.29, 0.717) is 6.07 Å². The van der Waals surface area contributed by atoms with E-state index in [2.05, 4.69) is 4.74 Å². The van der Waals surface area contributed by atoms with Crippen molar-refractivity contribution in [3.05, 3.63) is 29.1 Å². The van der Waals surface area contributed by atoms with Crippen molar-refractivity contribution < 1.29 is 31.9 Å². The quantitative estimate of drug-likeness (QED) is 0.597. The summed E-state index contributed by atoms with van der Waals surface area (Å²) in [6.45, 7) is 0. The van der Waals surface area contributed by atoms with Gasteiger partial charge in [0.25, 0.3) is 0 Å². The largest absolute Gasteiger partial charge is 0.573 e. The number of hydrogen-bond donors (Lipinski definition) is 0. The number of ether oxygens (including phenoxy) is 1. The molecule has 0 unspecified atom stereocenters. The van der Waals surface area contributed by atoms with Crippen LogP contribution in [0.3, 0.4) is 0 Å². The molecule has 86 valence electrons. The van der Waals surface area contributed by atoms with Gasteiger partial charge in [-0.1, -0.05) is 0 Å². The van der Waals surface area contributed by atoms with E-state index in [9.17, 15) is 27.2 Å². The number of halogens is 4. The van der Waals surface area contributed by atoms with Gasteiger partial charge in [-0.2, -0.15) is 0 Å². The molecule has 0 N–H and O–H groups in total. The number of hydrogen-bond acceptors (Lipinski definition) is 3. The normalized spacial score (nSPS) is 11.0. The van der Waals surface area contributed by atoms with Gasteiger partial charge in [0.2, 0.25) is 0 Å². The van der Waals surface area contributed by atoms with Gasteiger partial charge >= 0.3 is 6.36 Å². The number of alkyl halides is 3. The summed E-state index contributed by atoms with van der Waals surface area (Å²) in [5.41, 5.74) is -1.50. The zero-order valence-corrected chi connectivity index (χ0v) is 7.55. The Morgan fingerprint density at radius 3 is 2.19 bits per heavy atom. The predicted molar refractivity (Wildman–Crippen MR) is 43.9 cm³/mol.